The van der Waals surface area contributed by atoms with Crippen molar-refractivity contribution in [2.45, 2.75) is 19.9 Å². The molecule has 2 fully saturated rings. The normalized spacial score (nSPS) is 31.9. The molecule has 3 rings (SSSR count). The molecule has 5 nitrogen and oxygen atoms in total. The predicted molar refractivity (Wildman–Crippen MR) is 66.3 cm³/mol. The van der Waals surface area contributed by atoms with Crippen LogP contribution in [0, 0.1) is 18.8 Å². The fraction of sp³-hybridized carbons (Fsp3) is 0.667. The van der Waals surface area contributed by atoms with Crippen LogP contribution in [0.1, 0.15) is 12.7 Å². The molecule has 0 amide bonds. The Morgan fingerprint density at radius 1 is 1.47 bits per heavy atom. The molecule has 0 spiro atoms. The van der Waals surface area contributed by atoms with Crippen molar-refractivity contribution >= 4 is 5.82 Å². The van der Waals surface area contributed by atoms with E-state index in [1.165, 1.54) is 0 Å². The minimum Gasteiger partial charge on any atom is -0.353 e. The molecule has 3 unspecified atom stereocenters. The van der Waals surface area contributed by atoms with E-state index in [9.17, 15) is 4.79 Å². The molecule has 0 radical (unpaired) electrons. The van der Waals surface area contributed by atoms with E-state index in [1.807, 2.05) is 6.92 Å². The van der Waals surface area contributed by atoms with Gasteiger partial charge in [-0.2, -0.15) is 0 Å². The number of aromatic amines is 1. The third kappa shape index (κ3) is 1.74. The second-order valence-corrected chi connectivity index (χ2v) is 5.16. The summed E-state index contributed by atoms with van der Waals surface area (Å²) in [6.45, 7) is 7.25. The molecule has 2 aliphatic rings. The number of hydrogen-bond donors (Lipinski definition) is 2. The van der Waals surface area contributed by atoms with Crippen LogP contribution in [0.5, 0.6) is 0 Å². The molecule has 2 aliphatic heterocycles. The number of rotatable bonds is 1. The third-order valence-corrected chi connectivity index (χ3v) is 4.08. The van der Waals surface area contributed by atoms with Crippen molar-refractivity contribution in [1.29, 1.82) is 0 Å². The third-order valence-electron chi connectivity index (χ3n) is 4.08. The Balaban J connectivity index is 1.92. The molecule has 0 aliphatic carbocycles. The molecular formula is C12H18N4O. The Hall–Kier alpha value is -1.36. The molecule has 92 valence electrons. The number of fused-ring (bicyclic) bond motifs is 1. The van der Waals surface area contributed by atoms with Crippen molar-refractivity contribution < 1.29 is 0 Å². The summed E-state index contributed by atoms with van der Waals surface area (Å²) in [7, 11) is 0. The summed E-state index contributed by atoms with van der Waals surface area (Å²) in [5.41, 5.74) is -0.0603. The van der Waals surface area contributed by atoms with E-state index in [-0.39, 0.29) is 5.56 Å². The summed E-state index contributed by atoms with van der Waals surface area (Å²) in [6, 6.07) is 2.07. The molecular weight excluding hydrogens is 216 g/mol. The Bertz CT molecular complexity index is 484. The van der Waals surface area contributed by atoms with Gasteiger partial charge in [-0.25, -0.2) is 4.98 Å². The van der Waals surface area contributed by atoms with Crippen LogP contribution < -0.4 is 15.8 Å². The van der Waals surface area contributed by atoms with Crippen molar-refractivity contribution in [3.8, 4) is 0 Å². The molecule has 2 N–H and O–H groups in total. The molecule has 2 saturated heterocycles. The minimum absolute atomic E-state index is 0.0603. The van der Waals surface area contributed by atoms with Gasteiger partial charge >= 0.3 is 0 Å². The SMILES string of the molecule is Cc1nc(N2CC3CNCC3C2C)cc(=O)[nH]1. The number of aromatic nitrogens is 2. The highest BCUT2D eigenvalue weighted by molar-refractivity contribution is 5.41. The predicted octanol–water partition coefficient (Wildman–Crippen LogP) is 0.122. The van der Waals surface area contributed by atoms with Crippen LogP contribution in [0.15, 0.2) is 10.9 Å². The summed E-state index contributed by atoms with van der Waals surface area (Å²) in [5, 5.41) is 3.43. The second kappa shape index (κ2) is 3.84. The van der Waals surface area contributed by atoms with Crippen molar-refractivity contribution in [2.24, 2.45) is 11.8 Å². The quantitative estimate of drug-likeness (QED) is 0.724. The fourth-order valence-corrected chi connectivity index (χ4v) is 3.18. The zero-order valence-electron chi connectivity index (χ0n) is 10.2. The number of H-pyrrole nitrogens is 1. The average Bonchev–Trinajstić information content (AvgIpc) is 2.80. The standard InChI is InChI=1S/C12H18N4O/c1-7-10-5-13-4-9(10)6-16(7)11-3-12(17)15-8(2)14-11/h3,7,9-10,13H,4-6H2,1-2H3,(H,14,15,17). The van der Waals surface area contributed by atoms with Gasteiger partial charge in [-0.3, -0.25) is 4.79 Å². The van der Waals surface area contributed by atoms with Gasteiger partial charge < -0.3 is 15.2 Å². The molecule has 17 heavy (non-hydrogen) atoms. The van der Waals surface area contributed by atoms with E-state index in [2.05, 4.69) is 27.1 Å². The van der Waals surface area contributed by atoms with Gasteiger partial charge in [-0.1, -0.05) is 0 Å². The Labute approximate surface area is 100 Å². The highest BCUT2D eigenvalue weighted by atomic mass is 16.1. The van der Waals surface area contributed by atoms with Gasteiger partial charge in [0.2, 0.25) is 0 Å². The summed E-state index contributed by atoms with van der Waals surface area (Å²) in [5.74, 6) is 2.91. The van der Waals surface area contributed by atoms with E-state index in [0.717, 1.165) is 25.5 Å². The lowest BCUT2D eigenvalue weighted by atomic mass is 9.95. The molecule has 0 bridgehead atoms. The molecule has 3 heterocycles. The van der Waals surface area contributed by atoms with Gasteiger partial charge in [0.25, 0.3) is 5.56 Å². The number of aryl methyl sites for hydroxylation is 1. The van der Waals surface area contributed by atoms with Crippen LogP contribution in [-0.2, 0) is 0 Å². The molecule has 1 aromatic rings. The lowest BCUT2D eigenvalue weighted by Gasteiger charge is -2.25. The van der Waals surface area contributed by atoms with Crippen LogP contribution >= 0.6 is 0 Å². The van der Waals surface area contributed by atoms with E-state index in [4.69, 9.17) is 0 Å². The van der Waals surface area contributed by atoms with Crippen LogP contribution in [0.25, 0.3) is 0 Å². The van der Waals surface area contributed by atoms with Crippen molar-refractivity contribution in [3.05, 3.63) is 22.2 Å². The van der Waals surface area contributed by atoms with E-state index >= 15 is 0 Å². The Kier molecular flexibility index (Phi) is 2.43. The van der Waals surface area contributed by atoms with Crippen LogP contribution in [-0.4, -0.2) is 35.6 Å². The number of hydrogen-bond acceptors (Lipinski definition) is 4. The van der Waals surface area contributed by atoms with Crippen molar-refractivity contribution in [3.63, 3.8) is 0 Å². The van der Waals surface area contributed by atoms with Gasteiger partial charge in [-0.15, -0.1) is 0 Å². The number of nitrogens with one attached hydrogen (secondary N) is 2. The van der Waals surface area contributed by atoms with Crippen LogP contribution in [0.3, 0.4) is 0 Å². The maximum atomic E-state index is 11.5. The van der Waals surface area contributed by atoms with Crippen LogP contribution in [0.4, 0.5) is 5.82 Å². The molecule has 0 saturated carbocycles. The first-order valence-corrected chi connectivity index (χ1v) is 6.20. The maximum absolute atomic E-state index is 11.5. The van der Waals surface area contributed by atoms with E-state index in [1.54, 1.807) is 6.07 Å². The summed E-state index contributed by atoms with van der Waals surface area (Å²) in [6.07, 6.45) is 0. The Morgan fingerprint density at radius 2 is 2.29 bits per heavy atom. The van der Waals surface area contributed by atoms with Crippen molar-refractivity contribution in [1.82, 2.24) is 15.3 Å². The van der Waals surface area contributed by atoms with E-state index in [0.29, 0.717) is 23.7 Å². The summed E-state index contributed by atoms with van der Waals surface area (Å²) < 4.78 is 0. The first kappa shape index (κ1) is 10.8. The molecule has 3 atom stereocenters. The van der Waals surface area contributed by atoms with Gasteiger partial charge in [0, 0.05) is 31.7 Å². The first-order chi connectivity index (χ1) is 8.15. The lowest BCUT2D eigenvalue weighted by Crippen LogP contribution is -2.34. The number of anilines is 1. The highest BCUT2D eigenvalue weighted by Gasteiger charge is 2.42. The van der Waals surface area contributed by atoms with Crippen molar-refractivity contribution in [2.75, 3.05) is 24.5 Å². The van der Waals surface area contributed by atoms with Crippen LogP contribution in [0.2, 0.25) is 0 Å². The lowest BCUT2D eigenvalue weighted by molar-refractivity contribution is 0.471. The fourth-order valence-electron chi connectivity index (χ4n) is 3.18. The average molecular weight is 234 g/mol. The zero-order chi connectivity index (χ0) is 12.0. The van der Waals surface area contributed by atoms with E-state index < -0.39 is 0 Å². The van der Waals surface area contributed by atoms with Gasteiger partial charge in [0.05, 0.1) is 0 Å². The first-order valence-electron chi connectivity index (χ1n) is 6.20. The summed E-state index contributed by atoms with van der Waals surface area (Å²) >= 11 is 0. The Morgan fingerprint density at radius 3 is 3.00 bits per heavy atom. The number of nitrogens with zero attached hydrogens (tertiary/aromatic N) is 2. The largest absolute Gasteiger partial charge is 0.353 e. The topological polar surface area (TPSA) is 61.0 Å². The highest BCUT2D eigenvalue weighted by Crippen LogP contribution is 2.34. The van der Waals surface area contributed by atoms with Gasteiger partial charge in [0.1, 0.15) is 11.6 Å². The minimum atomic E-state index is -0.0603. The zero-order valence-corrected chi connectivity index (χ0v) is 10.2. The second-order valence-electron chi connectivity index (χ2n) is 5.16. The molecule has 1 aromatic heterocycles. The maximum Gasteiger partial charge on any atom is 0.252 e. The summed E-state index contributed by atoms with van der Waals surface area (Å²) in [4.78, 5) is 20.9. The molecule has 5 heteroatoms. The van der Waals surface area contributed by atoms with Gasteiger partial charge in [-0.05, 0) is 25.7 Å². The smallest absolute Gasteiger partial charge is 0.252 e. The monoisotopic (exact) mass is 234 g/mol. The molecule has 0 aromatic carbocycles. The van der Waals surface area contributed by atoms with Gasteiger partial charge in [0.15, 0.2) is 0 Å².